The van der Waals surface area contributed by atoms with Crippen LogP contribution in [0.1, 0.15) is 32.6 Å². The number of carboxylic acid groups (broad SMARTS) is 1. The zero-order chi connectivity index (χ0) is 14.0. The molecule has 1 aliphatic heterocycles. The van der Waals surface area contributed by atoms with E-state index in [1.165, 1.54) is 4.90 Å². The summed E-state index contributed by atoms with van der Waals surface area (Å²) in [7, 11) is 1.64. The summed E-state index contributed by atoms with van der Waals surface area (Å²) in [5.41, 5.74) is -0.149. The molecule has 1 heterocycles. The fourth-order valence-electron chi connectivity index (χ4n) is 2.94. The highest BCUT2D eigenvalue weighted by Crippen LogP contribution is 2.29. The topological polar surface area (TPSA) is 78.9 Å². The third-order valence-electron chi connectivity index (χ3n) is 4.30. The number of carbonyl (C=O) groups excluding carboxylic acids is 1. The number of likely N-dealkylation sites (N-methyl/N-ethyl adjacent to an activating group) is 1. The van der Waals surface area contributed by atoms with Crippen molar-refractivity contribution >= 4 is 12.0 Å². The highest BCUT2D eigenvalue weighted by molar-refractivity contribution is 5.77. The van der Waals surface area contributed by atoms with Gasteiger partial charge in [-0.2, -0.15) is 0 Å². The van der Waals surface area contributed by atoms with Gasteiger partial charge < -0.3 is 20.1 Å². The Morgan fingerprint density at radius 2 is 1.95 bits per heavy atom. The monoisotopic (exact) mass is 270 g/mol. The molecular formula is C13H22N2O4. The van der Waals surface area contributed by atoms with Crippen LogP contribution in [0, 0.1) is 5.92 Å². The van der Waals surface area contributed by atoms with Crippen molar-refractivity contribution in [2.24, 2.45) is 5.92 Å². The number of ether oxygens (including phenoxy) is 1. The second-order valence-corrected chi connectivity index (χ2v) is 5.86. The summed E-state index contributed by atoms with van der Waals surface area (Å²) in [5.74, 6) is -1.54. The van der Waals surface area contributed by atoms with Crippen LogP contribution in [-0.4, -0.2) is 53.8 Å². The molecule has 0 bridgehead atoms. The Bertz CT molecular complexity index is 366. The lowest BCUT2D eigenvalue weighted by molar-refractivity contribution is -0.142. The molecule has 2 N–H and O–H groups in total. The second-order valence-electron chi connectivity index (χ2n) is 5.86. The number of urea groups is 1. The highest BCUT2D eigenvalue weighted by atomic mass is 16.5. The fraction of sp³-hybridized carbons (Fsp3) is 0.846. The molecule has 0 aromatic rings. The number of rotatable bonds is 3. The zero-order valence-electron chi connectivity index (χ0n) is 11.5. The van der Waals surface area contributed by atoms with Crippen molar-refractivity contribution in [1.29, 1.82) is 0 Å². The second kappa shape index (κ2) is 5.36. The molecule has 1 aliphatic carbocycles. The maximum atomic E-state index is 12.2. The Hall–Kier alpha value is -1.30. The van der Waals surface area contributed by atoms with Crippen LogP contribution in [0.25, 0.3) is 0 Å². The van der Waals surface area contributed by atoms with Gasteiger partial charge in [-0.05, 0) is 19.8 Å². The van der Waals surface area contributed by atoms with Crippen LogP contribution in [0.15, 0.2) is 0 Å². The molecule has 6 nitrogen and oxygen atoms in total. The average molecular weight is 270 g/mol. The standard InChI is InChI=1S/C13H22N2O4/c1-13(5-3-4-6-13)14-12(18)15(2)10-8-19-7-9(10)11(16)17/h9-10H,3-8H2,1-2H3,(H,14,18)(H,16,17). The number of aliphatic carboxylic acids is 1. The van der Waals surface area contributed by atoms with Crippen molar-refractivity contribution in [1.82, 2.24) is 10.2 Å². The van der Waals surface area contributed by atoms with Crippen LogP contribution in [-0.2, 0) is 9.53 Å². The molecule has 2 rings (SSSR count). The maximum absolute atomic E-state index is 12.2. The van der Waals surface area contributed by atoms with E-state index in [0.29, 0.717) is 0 Å². The molecule has 0 aromatic carbocycles. The van der Waals surface area contributed by atoms with Crippen LogP contribution < -0.4 is 5.32 Å². The highest BCUT2D eigenvalue weighted by Gasteiger charge is 2.40. The molecule has 2 atom stereocenters. The van der Waals surface area contributed by atoms with E-state index in [9.17, 15) is 9.59 Å². The Morgan fingerprint density at radius 3 is 2.53 bits per heavy atom. The molecule has 0 aromatic heterocycles. The lowest BCUT2D eigenvalue weighted by atomic mass is 10.0. The van der Waals surface area contributed by atoms with Crippen molar-refractivity contribution in [3.63, 3.8) is 0 Å². The number of hydrogen-bond donors (Lipinski definition) is 2. The van der Waals surface area contributed by atoms with Gasteiger partial charge in [-0.1, -0.05) is 12.8 Å². The normalized spacial score (nSPS) is 29.2. The predicted octanol–water partition coefficient (Wildman–Crippen LogP) is 1.06. The number of carbonyl (C=O) groups is 2. The van der Waals surface area contributed by atoms with Gasteiger partial charge in [0.2, 0.25) is 0 Å². The molecule has 2 amide bonds. The van der Waals surface area contributed by atoms with Crippen molar-refractivity contribution in [2.75, 3.05) is 20.3 Å². The Kier molecular flexibility index (Phi) is 3.99. The van der Waals surface area contributed by atoms with Gasteiger partial charge in [-0.25, -0.2) is 4.79 Å². The van der Waals surface area contributed by atoms with Gasteiger partial charge in [-0.15, -0.1) is 0 Å². The van der Waals surface area contributed by atoms with Gasteiger partial charge in [0, 0.05) is 12.6 Å². The van der Waals surface area contributed by atoms with Crippen LogP contribution in [0.4, 0.5) is 4.79 Å². The van der Waals surface area contributed by atoms with E-state index >= 15 is 0 Å². The Morgan fingerprint density at radius 1 is 1.32 bits per heavy atom. The van der Waals surface area contributed by atoms with Crippen molar-refractivity contribution < 1.29 is 19.4 Å². The number of nitrogens with one attached hydrogen (secondary N) is 1. The van der Waals surface area contributed by atoms with Crippen LogP contribution >= 0.6 is 0 Å². The minimum atomic E-state index is -0.908. The van der Waals surface area contributed by atoms with E-state index in [0.717, 1.165) is 25.7 Å². The van der Waals surface area contributed by atoms with Gasteiger partial charge in [0.1, 0.15) is 5.92 Å². The van der Waals surface area contributed by atoms with Crippen LogP contribution in [0.3, 0.4) is 0 Å². The van der Waals surface area contributed by atoms with Gasteiger partial charge in [0.25, 0.3) is 0 Å². The van der Waals surface area contributed by atoms with Gasteiger partial charge in [0.15, 0.2) is 0 Å². The Balaban J connectivity index is 1.96. The van der Waals surface area contributed by atoms with Crippen LogP contribution in [0.5, 0.6) is 0 Å². The van der Waals surface area contributed by atoms with E-state index < -0.39 is 11.9 Å². The van der Waals surface area contributed by atoms with Crippen molar-refractivity contribution in [3.05, 3.63) is 0 Å². The molecule has 19 heavy (non-hydrogen) atoms. The molecular weight excluding hydrogens is 248 g/mol. The quantitative estimate of drug-likeness (QED) is 0.803. The predicted molar refractivity (Wildman–Crippen MR) is 68.9 cm³/mol. The minimum Gasteiger partial charge on any atom is -0.481 e. The minimum absolute atomic E-state index is 0.149. The van der Waals surface area contributed by atoms with Gasteiger partial charge in [0.05, 0.1) is 19.3 Å². The van der Waals surface area contributed by atoms with E-state index in [-0.39, 0.29) is 30.8 Å². The first-order valence-electron chi connectivity index (χ1n) is 6.78. The molecule has 1 saturated carbocycles. The number of nitrogens with zero attached hydrogens (tertiary/aromatic N) is 1. The molecule has 0 radical (unpaired) electrons. The summed E-state index contributed by atoms with van der Waals surface area (Å²) in [6, 6.07) is -0.589. The van der Waals surface area contributed by atoms with Crippen molar-refractivity contribution in [2.45, 2.75) is 44.2 Å². The molecule has 2 fully saturated rings. The first-order valence-corrected chi connectivity index (χ1v) is 6.78. The summed E-state index contributed by atoms with van der Waals surface area (Å²) < 4.78 is 5.19. The van der Waals surface area contributed by atoms with E-state index in [4.69, 9.17) is 9.84 Å². The SMILES string of the molecule is CN(C(=O)NC1(C)CCCC1)C1COCC1C(=O)O. The zero-order valence-corrected chi connectivity index (χ0v) is 11.5. The molecule has 6 heteroatoms. The number of carboxylic acids is 1. The molecule has 1 saturated heterocycles. The number of hydrogen-bond acceptors (Lipinski definition) is 3. The first kappa shape index (κ1) is 14.1. The number of amides is 2. The summed E-state index contributed by atoms with van der Waals surface area (Å²) in [4.78, 5) is 24.8. The van der Waals surface area contributed by atoms with Crippen LogP contribution in [0.2, 0.25) is 0 Å². The molecule has 2 unspecified atom stereocenters. The van der Waals surface area contributed by atoms with E-state index in [1.807, 2.05) is 6.92 Å². The lowest BCUT2D eigenvalue weighted by Gasteiger charge is -2.32. The van der Waals surface area contributed by atoms with Crippen molar-refractivity contribution in [3.8, 4) is 0 Å². The molecule has 2 aliphatic rings. The van der Waals surface area contributed by atoms with Gasteiger partial charge >= 0.3 is 12.0 Å². The third kappa shape index (κ3) is 3.00. The summed E-state index contributed by atoms with van der Waals surface area (Å²) in [6.07, 6.45) is 4.22. The summed E-state index contributed by atoms with van der Waals surface area (Å²) in [5, 5.41) is 12.1. The third-order valence-corrected chi connectivity index (χ3v) is 4.30. The van der Waals surface area contributed by atoms with E-state index in [1.54, 1.807) is 7.05 Å². The van der Waals surface area contributed by atoms with E-state index in [2.05, 4.69) is 5.32 Å². The maximum Gasteiger partial charge on any atom is 0.317 e. The summed E-state index contributed by atoms with van der Waals surface area (Å²) >= 11 is 0. The summed E-state index contributed by atoms with van der Waals surface area (Å²) in [6.45, 7) is 2.51. The average Bonchev–Trinajstić information content (AvgIpc) is 2.96. The lowest BCUT2D eigenvalue weighted by Crippen LogP contribution is -2.54. The molecule has 108 valence electrons. The first-order chi connectivity index (χ1) is 8.93. The fourth-order valence-corrected chi connectivity index (χ4v) is 2.94. The van der Waals surface area contributed by atoms with Gasteiger partial charge in [-0.3, -0.25) is 4.79 Å². The smallest absolute Gasteiger partial charge is 0.317 e. The molecule has 0 spiro atoms. The Labute approximate surface area is 113 Å². The largest absolute Gasteiger partial charge is 0.481 e.